The van der Waals surface area contributed by atoms with E-state index in [2.05, 4.69) is 15.7 Å². The molecule has 104 valence electrons. The largest absolute Gasteiger partial charge is 0.479 e. The van der Waals surface area contributed by atoms with E-state index in [1.54, 1.807) is 24.0 Å². The van der Waals surface area contributed by atoms with Crippen molar-refractivity contribution in [2.24, 2.45) is 7.05 Å². The molecule has 1 atom stereocenters. The van der Waals surface area contributed by atoms with E-state index < -0.39 is 17.5 Å². The van der Waals surface area contributed by atoms with Gasteiger partial charge in [-0.1, -0.05) is 0 Å². The molecule has 1 unspecified atom stereocenters. The number of carboxylic acid groups (broad SMARTS) is 1. The van der Waals surface area contributed by atoms with E-state index in [9.17, 15) is 14.7 Å². The van der Waals surface area contributed by atoms with Gasteiger partial charge in [-0.3, -0.25) is 4.68 Å². The molecule has 0 bridgehead atoms. The van der Waals surface area contributed by atoms with Crippen molar-refractivity contribution >= 4 is 12.0 Å². The molecule has 2 heterocycles. The zero-order chi connectivity index (χ0) is 13.9. The Morgan fingerprint density at radius 2 is 2.42 bits per heavy atom. The average Bonchev–Trinajstić information content (AvgIpc) is 2.97. The molecule has 1 aliphatic rings. The van der Waals surface area contributed by atoms with Gasteiger partial charge in [0.25, 0.3) is 0 Å². The number of aryl methyl sites for hydroxylation is 1. The van der Waals surface area contributed by atoms with Crippen LogP contribution in [-0.2, 0) is 23.1 Å². The van der Waals surface area contributed by atoms with Crippen LogP contribution in [0.25, 0.3) is 0 Å². The van der Waals surface area contributed by atoms with E-state index in [0.717, 1.165) is 5.69 Å². The predicted octanol–water partition coefficient (Wildman–Crippen LogP) is -0.537. The van der Waals surface area contributed by atoms with Gasteiger partial charge in [-0.25, -0.2) is 9.59 Å². The van der Waals surface area contributed by atoms with E-state index in [1.807, 2.05) is 0 Å². The Morgan fingerprint density at radius 1 is 1.63 bits per heavy atom. The molecule has 1 aromatic heterocycles. The van der Waals surface area contributed by atoms with Crippen molar-refractivity contribution in [1.82, 2.24) is 20.4 Å². The number of amides is 2. The number of hydrogen-bond donors (Lipinski definition) is 3. The molecule has 1 fully saturated rings. The number of carbonyl (C=O) groups is 2. The smallest absolute Gasteiger partial charge is 0.332 e. The highest BCUT2D eigenvalue weighted by Crippen LogP contribution is 2.18. The van der Waals surface area contributed by atoms with Crippen molar-refractivity contribution in [3.63, 3.8) is 0 Å². The predicted molar refractivity (Wildman–Crippen MR) is 64.4 cm³/mol. The molecular weight excluding hydrogens is 252 g/mol. The minimum absolute atomic E-state index is 0.0124. The van der Waals surface area contributed by atoms with Crippen molar-refractivity contribution in [2.45, 2.75) is 18.5 Å². The number of rotatable bonds is 4. The van der Waals surface area contributed by atoms with Crippen LogP contribution < -0.4 is 10.6 Å². The quantitative estimate of drug-likeness (QED) is 0.680. The minimum atomic E-state index is -1.32. The fourth-order valence-corrected chi connectivity index (χ4v) is 1.89. The lowest BCUT2D eigenvalue weighted by atomic mass is 9.99. The summed E-state index contributed by atoms with van der Waals surface area (Å²) in [5.41, 5.74) is -0.501. The summed E-state index contributed by atoms with van der Waals surface area (Å²) >= 11 is 0. The molecule has 8 nitrogen and oxygen atoms in total. The lowest BCUT2D eigenvalue weighted by Gasteiger charge is -2.23. The second-order valence-electron chi connectivity index (χ2n) is 4.44. The van der Waals surface area contributed by atoms with Gasteiger partial charge in [0, 0.05) is 26.3 Å². The minimum Gasteiger partial charge on any atom is -0.479 e. The summed E-state index contributed by atoms with van der Waals surface area (Å²) in [6.07, 6.45) is 1.89. The highest BCUT2D eigenvalue weighted by Gasteiger charge is 2.43. The SMILES string of the molecule is Cn1nccc1CNC(=O)NC1(C(=O)O)CCOC1. The molecule has 0 aliphatic carbocycles. The fourth-order valence-electron chi connectivity index (χ4n) is 1.89. The lowest BCUT2D eigenvalue weighted by Crippen LogP contribution is -2.57. The van der Waals surface area contributed by atoms with Crippen molar-refractivity contribution in [3.8, 4) is 0 Å². The highest BCUT2D eigenvalue weighted by atomic mass is 16.5. The third-order valence-corrected chi connectivity index (χ3v) is 3.14. The van der Waals surface area contributed by atoms with Gasteiger partial charge in [-0.2, -0.15) is 5.10 Å². The summed E-state index contributed by atoms with van der Waals surface area (Å²) in [5.74, 6) is -1.08. The molecule has 0 spiro atoms. The molecule has 1 saturated heterocycles. The summed E-state index contributed by atoms with van der Waals surface area (Å²) in [4.78, 5) is 23.0. The Kier molecular flexibility index (Phi) is 3.70. The molecule has 0 saturated carbocycles. The molecule has 0 radical (unpaired) electrons. The van der Waals surface area contributed by atoms with Crippen molar-refractivity contribution < 1.29 is 19.4 Å². The van der Waals surface area contributed by atoms with Crippen LogP contribution in [0.4, 0.5) is 4.79 Å². The van der Waals surface area contributed by atoms with Gasteiger partial charge >= 0.3 is 12.0 Å². The van der Waals surface area contributed by atoms with E-state index in [-0.39, 0.29) is 19.6 Å². The Hall–Kier alpha value is -2.09. The number of hydrogen-bond acceptors (Lipinski definition) is 4. The zero-order valence-electron chi connectivity index (χ0n) is 10.5. The van der Waals surface area contributed by atoms with E-state index in [4.69, 9.17) is 4.74 Å². The van der Waals surface area contributed by atoms with Crippen LogP contribution in [0.15, 0.2) is 12.3 Å². The number of carboxylic acids is 1. The fraction of sp³-hybridized carbons (Fsp3) is 0.545. The Bertz CT molecular complexity index is 479. The number of aliphatic carboxylic acids is 1. The molecule has 1 aliphatic heterocycles. The second-order valence-corrected chi connectivity index (χ2v) is 4.44. The maximum atomic E-state index is 11.7. The highest BCUT2D eigenvalue weighted by molar-refractivity contribution is 5.86. The number of aromatic nitrogens is 2. The van der Waals surface area contributed by atoms with Crippen molar-refractivity contribution in [2.75, 3.05) is 13.2 Å². The number of nitrogens with one attached hydrogen (secondary N) is 2. The van der Waals surface area contributed by atoms with Gasteiger partial charge in [0.1, 0.15) is 0 Å². The lowest BCUT2D eigenvalue weighted by molar-refractivity contribution is -0.144. The Balaban J connectivity index is 1.90. The van der Waals surface area contributed by atoms with Crippen molar-refractivity contribution in [1.29, 1.82) is 0 Å². The topological polar surface area (TPSA) is 105 Å². The van der Waals surface area contributed by atoms with Crippen molar-refractivity contribution in [3.05, 3.63) is 18.0 Å². The summed E-state index contributed by atoms with van der Waals surface area (Å²) in [6, 6.07) is 1.24. The first-order chi connectivity index (χ1) is 9.03. The van der Waals surface area contributed by atoms with Gasteiger partial charge in [-0.15, -0.1) is 0 Å². The molecule has 19 heavy (non-hydrogen) atoms. The maximum absolute atomic E-state index is 11.7. The molecule has 2 amide bonds. The third-order valence-electron chi connectivity index (χ3n) is 3.14. The number of nitrogens with zero attached hydrogens (tertiary/aromatic N) is 2. The van der Waals surface area contributed by atoms with Crippen LogP contribution in [-0.4, -0.2) is 45.6 Å². The molecule has 0 aromatic carbocycles. The molecule has 1 aromatic rings. The van der Waals surface area contributed by atoms with Crippen LogP contribution in [0.3, 0.4) is 0 Å². The molecule has 2 rings (SSSR count). The van der Waals surface area contributed by atoms with E-state index in [1.165, 1.54) is 0 Å². The van der Waals surface area contributed by atoms with Crippen LogP contribution in [0.1, 0.15) is 12.1 Å². The van der Waals surface area contributed by atoms with Crippen LogP contribution in [0.2, 0.25) is 0 Å². The standard InChI is InChI=1S/C11H16N4O4/c1-15-8(2-4-13-15)6-12-10(18)14-11(9(16)17)3-5-19-7-11/h2,4H,3,5-7H2,1H3,(H,16,17)(H2,12,14,18). The summed E-state index contributed by atoms with van der Waals surface area (Å²) in [5, 5.41) is 18.2. The molecule has 8 heteroatoms. The summed E-state index contributed by atoms with van der Waals surface area (Å²) in [6.45, 7) is 0.592. The van der Waals surface area contributed by atoms with Gasteiger partial charge in [0.15, 0.2) is 5.54 Å². The maximum Gasteiger partial charge on any atom is 0.332 e. The van der Waals surface area contributed by atoms with Gasteiger partial charge < -0.3 is 20.5 Å². The van der Waals surface area contributed by atoms with Crippen LogP contribution >= 0.6 is 0 Å². The zero-order valence-corrected chi connectivity index (χ0v) is 10.5. The van der Waals surface area contributed by atoms with Gasteiger partial charge in [0.05, 0.1) is 18.8 Å². The Morgan fingerprint density at radius 3 is 2.95 bits per heavy atom. The molecule has 3 N–H and O–H groups in total. The Labute approximate surface area is 109 Å². The third kappa shape index (κ3) is 2.84. The first kappa shape index (κ1) is 13.3. The van der Waals surface area contributed by atoms with E-state index in [0.29, 0.717) is 6.61 Å². The van der Waals surface area contributed by atoms with Crippen LogP contribution in [0, 0.1) is 0 Å². The normalized spacial score (nSPS) is 22.2. The molecular formula is C11H16N4O4. The van der Waals surface area contributed by atoms with Crippen LogP contribution in [0.5, 0.6) is 0 Å². The monoisotopic (exact) mass is 268 g/mol. The number of carbonyl (C=O) groups excluding carboxylic acids is 1. The average molecular weight is 268 g/mol. The summed E-state index contributed by atoms with van der Waals surface area (Å²) in [7, 11) is 1.76. The second kappa shape index (κ2) is 5.27. The van der Waals surface area contributed by atoms with Gasteiger partial charge in [-0.05, 0) is 6.07 Å². The van der Waals surface area contributed by atoms with E-state index >= 15 is 0 Å². The first-order valence-corrected chi connectivity index (χ1v) is 5.87. The van der Waals surface area contributed by atoms with Gasteiger partial charge in [0.2, 0.25) is 0 Å². The summed E-state index contributed by atoms with van der Waals surface area (Å²) < 4.78 is 6.69. The number of ether oxygens (including phenoxy) is 1. The first-order valence-electron chi connectivity index (χ1n) is 5.87. The number of urea groups is 1.